The zero-order valence-electron chi connectivity index (χ0n) is 16.3. The first-order valence-electron chi connectivity index (χ1n) is 7.72. The molecule has 0 saturated heterocycles. The van der Waals surface area contributed by atoms with Gasteiger partial charge in [-0.15, -0.1) is 0 Å². The molecule has 0 amide bonds. The maximum atomic E-state index is 10.8. The number of hydrogen-bond acceptors (Lipinski definition) is 6. The van der Waals surface area contributed by atoms with Crippen molar-refractivity contribution in [3.05, 3.63) is 57.6 Å². The Balaban J connectivity index is 0.000000483. The number of benzene rings is 2. The Morgan fingerprint density at radius 2 is 0.741 bits per heavy atom. The van der Waals surface area contributed by atoms with Crippen LogP contribution in [0.25, 0.3) is 0 Å². The molecule has 2 rings (SSSR count). The van der Waals surface area contributed by atoms with E-state index in [9.17, 15) is 25.9 Å². The minimum Gasteiger partial charge on any atom is -0.744 e. The monoisotopic (exact) mass is 438 g/mol. The summed E-state index contributed by atoms with van der Waals surface area (Å²) in [4.78, 5) is -0.170. The van der Waals surface area contributed by atoms with E-state index in [0.29, 0.717) is 22.3 Å². The van der Waals surface area contributed by atoms with Gasteiger partial charge in [0.2, 0.25) is 0 Å². The molecule has 0 heterocycles. The van der Waals surface area contributed by atoms with Crippen LogP contribution in [0.2, 0.25) is 0 Å². The molecule has 0 bridgehead atoms. The summed E-state index contributed by atoms with van der Waals surface area (Å²) in [7, 11) is -8.66. The van der Waals surface area contributed by atoms with Crippen LogP contribution in [0.3, 0.4) is 0 Å². The molecule has 144 valence electrons. The zero-order chi connectivity index (χ0) is 20.4. The Morgan fingerprint density at radius 3 is 0.889 bits per heavy atom. The largest absolute Gasteiger partial charge is 2.00 e. The minimum atomic E-state index is -4.33. The van der Waals surface area contributed by atoms with Gasteiger partial charge in [0, 0.05) is 0 Å². The maximum absolute atomic E-state index is 10.8. The number of aryl methyl sites for hydroxylation is 6. The van der Waals surface area contributed by atoms with Gasteiger partial charge in [-0.05, 0) is 63.8 Å². The van der Waals surface area contributed by atoms with Gasteiger partial charge in [-0.2, -0.15) is 0 Å². The molecule has 0 N–H and O–H groups in total. The van der Waals surface area contributed by atoms with Crippen LogP contribution in [-0.2, 0) is 20.2 Å². The quantitative estimate of drug-likeness (QED) is 0.526. The molecule has 0 aliphatic heterocycles. The van der Waals surface area contributed by atoms with E-state index in [4.69, 9.17) is 0 Å². The fourth-order valence-electron chi connectivity index (χ4n) is 3.12. The van der Waals surface area contributed by atoms with E-state index in [1.165, 1.54) is 0 Å². The van der Waals surface area contributed by atoms with Crippen LogP contribution in [0.1, 0.15) is 33.4 Å². The van der Waals surface area contributed by atoms with Gasteiger partial charge in [-0.25, -0.2) is 16.8 Å². The summed E-state index contributed by atoms with van der Waals surface area (Å²) in [6, 6.07) is 6.77. The average Bonchev–Trinajstić information content (AvgIpc) is 2.32. The standard InChI is InChI=1S/2C9H12O3S.Ca/c2*1-6-4-7(2)9(8(3)5-6)13(10,11)12;/h2*4-5H,1-3H3,(H,10,11,12);/q;;+2/p-2. The predicted molar refractivity (Wildman–Crippen MR) is 103 cm³/mol. The first-order chi connectivity index (χ1) is 11.6. The van der Waals surface area contributed by atoms with Gasteiger partial charge in [0.15, 0.2) is 0 Å². The molecule has 0 atom stereocenters. The molecule has 0 saturated carbocycles. The van der Waals surface area contributed by atoms with E-state index < -0.39 is 20.2 Å². The van der Waals surface area contributed by atoms with Gasteiger partial charge in [0.05, 0.1) is 9.79 Å². The molecular formula is C18H22CaO6S2. The summed E-state index contributed by atoms with van der Waals surface area (Å²) < 4.78 is 65.0. The van der Waals surface area contributed by atoms with Crippen molar-refractivity contribution in [1.82, 2.24) is 0 Å². The molecule has 0 aromatic heterocycles. The molecule has 0 unspecified atom stereocenters. The Hall–Kier alpha value is -0.480. The molecule has 0 fully saturated rings. The van der Waals surface area contributed by atoms with Gasteiger partial charge in [-0.1, -0.05) is 35.4 Å². The summed E-state index contributed by atoms with van der Waals surface area (Å²) >= 11 is 0. The van der Waals surface area contributed by atoms with Gasteiger partial charge >= 0.3 is 37.7 Å². The van der Waals surface area contributed by atoms with E-state index in [0.717, 1.165) is 11.1 Å². The van der Waals surface area contributed by atoms with Crippen molar-refractivity contribution in [3.63, 3.8) is 0 Å². The summed E-state index contributed by atoms with van der Waals surface area (Å²) in [6.45, 7) is 10.2. The minimum absolute atomic E-state index is 0. The van der Waals surface area contributed by atoms with Crippen molar-refractivity contribution in [2.45, 2.75) is 51.3 Å². The third-order valence-corrected chi connectivity index (χ3v) is 6.00. The van der Waals surface area contributed by atoms with Crippen LogP contribution >= 0.6 is 0 Å². The number of hydrogen-bond donors (Lipinski definition) is 0. The summed E-state index contributed by atoms with van der Waals surface area (Å²) in [5.74, 6) is 0. The molecule has 0 spiro atoms. The van der Waals surface area contributed by atoms with Crippen LogP contribution in [0.4, 0.5) is 0 Å². The molecular weight excluding hydrogens is 416 g/mol. The van der Waals surface area contributed by atoms with Gasteiger partial charge in [0.1, 0.15) is 20.2 Å². The first kappa shape index (κ1) is 26.5. The van der Waals surface area contributed by atoms with Crippen LogP contribution in [-0.4, -0.2) is 63.7 Å². The van der Waals surface area contributed by atoms with Crippen molar-refractivity contribution < 1.29 is 25.9 Å². The Morgan fingerprint density at radius 1 is 0.556 bits per heavy atom. The second-order valence-corrected chi connectivity index (χ2v) is 9.00. The average molecular weight is 439 g/mol. The van der Waals surface area contributed by atoms with Crippen LogP contribution in [0.15, 0.2) is 34.1 Å². The fraction of sp³-hybridized carbons (Fsp3) is 0.333. The molecule has 0 radical (unpaired) electrons. The molecule has 2 aromatic carbocycles. The SMILES string of the molecule is Cc1cc(C)c(S(=O)(=O)[O-])c(C)c1.Cc1cc(C)c(S(=O)(=O)[O-])c(C)c1.[Ca+2]. The van der Waals surface area contributed by atoms with Crippen molar-refractivity contribution in [1.29, 1.82) is 0 Å². The Labute approximate surface area is 191 Å². The van der Waals surface area contributed by atoms with Crippen LogP contribution in [0, 0.1) is 41.5 Å². The second kappa shape index (κ2) is 9.82. The molecule has 6 nitrogen and oxygen atoms in total. The summed E-state index contributed by atoms with van der Waals surface area (Å²) in [5.41, 5.74) is 4.00. The molecule has 27 heavy (non-hydrogen) atoms. The third-order valence-electron chi connectivity index (χ3n) is 3.71. The van der Waals surface area contributed by atoms with Crippen molar-refractivity contribution >= 4 is 58.0 Å². The fourth-order valence-corrected chi connectivity index (χ4v) is 4.94. The molecule has 2 aromatic rings. The van der Waals surface area contributed by atoms with E-state index >= 15 is 0 Å². The molecule has 0 aliphatic rings. The maximum Gasteiger partial charge on any atom is 2.00 e. The van der Waals surface area contributed by atoms with E-state index in [2.05, 4.69) is 0 Å². The van der Waals surface area contributed by atoms with Gasteiger partial charge in [-0.3, -0.25) is 0 Å². The van der Waals surface area contributed by atoms with Crippen molar-refractivity contribution in [2.75, 3.05) is 0 Å². The zero-order valence-corrected chi connectivity index (χ0v) is 20.1. The molecule has 0 aliphatic carbocycles. The smallest absolute Gasteiger partial charge is 0.744 e. The predicted octanol–water partition coefficient (Wildman–Crippen LogP) is 2.65. The third kappa shape index (κ3) is 7.45. The normalized spacial score (nSPS) is 11.3. The van der Waals surface area contributed by atoms with Gasteiger partial charge < -0.3 is 9.11 Å². The summed E-state index contributed by atoms with van der Waals surface area (Å²) in [6.07, 6.45) is 0. The second-order valence-electron chi connectivity index (χ2n) is 6.36. The first-order valence-corrected chi connectivity index (χ1v) is 10.5. The van der Waals surface area contributed by atoms with Crippen LogP contribution < -0.4 is 0 Å². The summed E-state index contributed by atoms with van der Waals surface area (Å²) in [5, 5.41) is 0. The van der Waals surface area contributed by atoms with Gasteiger partial charge in [0.25, 0.3) is 0 Å². The van der Waals surface area contributed by atoms with Crippen LogP contribution in [0.5, 0.6) is 0 Å². The van der Waals surface area contributed by atoms with E-state index in [1.54, 1.807) is 52.0 Å². The van der Waals surface area contributed by atoms with Crippen molar-refractivity contribution in [2.24, 2.45) is 0 Å². The Kier molecular flexibility index (Phi) is 9.65. The number of rotatable bonds is 2. The van der Waals surface area contributed by atoms with Crippen molar-refractivity contribution in [3.8, 4) is 0 Å². The molecule has 9 heteroatoms. The van der Waals surface area contributed by atoms with E-state index in [1.807, 2.05) is 13.8 Å². The topological polar surface area (TPSA) is 114 Å². The Bertz CT molecular complexity index is 910. The van der Waals surface area contributed by atoms with E-state index in [-0.39, 0.29) is 47.5 Å².